The number of aryl methyl sites for hydroxylation is 1. The van der Waals surface area contributed by atoms with Crippen LogP contribution in [0.15, 0.2) is 42.6 Å². The number of aromatic nitrogens is 1. The highest BCUT2D eigenvalue weighted by Gasteiger charge is 2.46. The van der Waals surface area contributed by atoms with Crippen molar-refractivity contribution in [1.29, 1.82) is 0 Å². The molecule has 28 heavy (non-hydrogen) atoms. The minimum Gasteiger partial charge on any atom is -0.465 e. The number of fused-ring (bicyclic) bond motifs is 1. The molecule has 0 unspecified atom stereocenters. The van der Waals surface area contributed by atoms with Crippen LogP contribution in [0.4, 0.5) is 5.82 Å². The molecule has 3 heterocycles. The molecule has 4 rings (SSSR count). The number of esters is 1. The molecule has 2 saturated heterocycles. The Balaban J connectivity index is 0.00000140. The highest BCUT2D eigenvalue weighted by molar-refractivity contribution is 5.89. The summed E-state index contributed by atoms with van der Waals surface area (Å²) in [6.45, 7) is 5.33. The number of carbonyl (C=O) groups is 1. The van der Waals surface area contributed by atoms with Crippen molar-refractivity contribution in [2.75, 3.05) is 38.7 Å². The molecule has 152 valence electrons. The molecule has 2 aliphatic heterocycles. The predicted octanol–water partition coefficient (Wildman–Crippen LogP) is 3.76. The highest BCUT2D eigenvalue weighted by Crippen LogP contribution is 2.45. The van der Waals surface area contributed by atoms with Gasteiger partial charge in [-0.2, -0.15) is 0 Å². The Bertz CT molecular complexity index is 816. The normalized spacial score (nSPS) is 23.5. The lowest BCUT2D eigenvalue weighted by atomic mass is 9.88. The Hall–Kier alpha value is -1.82. The predicted molar refractivity (Wildman–Crippen MR) is 116 cm³/mol. The summed E-state index contributed by atoms with van der Waals surface area (Å²) in [5, 5.41) is 0. The minimum atomic E-state index is -0.344. The Morgan fingerprint density at radius 1 is 1.11 bits per heavy atom. The third kappa shape index (κ3) is 3.97. The lowest BCUT2D eigenvalue weighted by molar-refractivity contribution is 0.0600. The molecule has 1 aromatic carbocycles. The third-order valence-electron chi connectivity index (χ3n) is 5.89. The number of halogens is 2. The molecule has 0 spiro atoms. The van der Waals surface area contributed by atoms with Gasteiger partial charge in [-0.25, -0.2) is 9.78 Å². The van der Waals surface area contributed by atoms with Crippen molar-refractivity contribution >= 4 is 36.6 Å². The summed E-state index contributed by atoms with van der Waals surface area (Å²) in [6, 6.07) is 12.9. The molecule has 7 heteroatoms. The number of benzene rings is 1. The van der Waals surface area contributed by atoms with Gasteiger partial charge in [0.05, 0.1) is 12.7 Å². The number of hydrogen-bond acceptors (Lipinski definition) is 5. The molecular formula is C21H27Cl2N3O2. The average Bonchev–Trinajstić information content (AvgIpc) is 3.19. The SMILES string of the molecule is COC(=O)c1ccc(N2C[C@@H]3CN(C)[C@H](c4ccccc4C)[C@@H]3C2)nc1.Cl.Cl. The first-order valence-corrected chi connectivity index (χ1v) is 9.13. The topological polar surface area (TPSA) is 45.7 Å². The van der Waals surface area contributed by atoms with Crippen molar-refractivity contribution < 1.29 is 9.53 Å². The quantitative estimate of drug-likeness (QED) is 0.703. The third-order valence-corrected chi connectivity index (χ3v) is 5.89. The maximum Gasteiger partial charge on any atom is 0.339 e. The molecule has 0 saturated carbocycles. The van der Waals surface area contributed by atoms with E-state index in [0.29, 0.717) is 23.4 Å². The largest absolute Gasteiger partial charge is 0.465 e. The second-order valence-electron chi connectivity index (χ2n) is 7.47. The maximum absolute atomic E-state index is 11.6. The van der Waals surface area contributed by atoms with Gasteiger partial charge in [0.15, 0.2) is 0 Å². The molecule has 0 radical (unpaired) electrons. The molecule has 0 aliphatic carbocycles. The monoisotopic (exact) mass is 423 g/mol. The first-order chi connectivity index (χ1) is 12.6. The summed E-state index contributed by atoms with van der Waals surface area (Å²) in [7, 11) is 3.63. The second-order valence-corrected chi connectivity index (χ2v) is 7.47. The Kier molecular flexibility index (Phi) is 7.32. The summed E-state index contributed by atoms with van der Waals surface area (Å²) in [5.41, 5.74) is 3.30. The van der Waals surface area contributed by atoms with Crippen LogP contribution in [0.3, 0.4) is 0 Å². The van der Waals surface area contributed by atoms with E-state index in [1.54, 1.807) is 12.3 Å². The van der Waals surface area contributed by atoms with E-state index in [9.17, 15) is 4.79 Å². The molecule has 2 aromatic rings. The summed E-state index contributed by atoms with van der Waals surface area (Å²) < 4.78 is 4.75. The Morgan fingerprint density at radius 2 is 1.86 bits per heavy atom. The van der Waals surface area contributed by atoms with E-state index < -0.39 is 0 Å². The molecule has 0 bridgehead atoms. The lowest BCUT2D eigenvalue weighted by Crippen LogP contribution is -2.29. The van der Waals surface area contributed by atoms with Gasteiger partial charge in [-0.05, 0) is 43.1 Å². The average molecular weight is 424 g/mol. The van der Waals surface area contributed by atoms with Crippen molar-refractivity contribution in [1.82, 2.24) is 9.88 Å². The van der Waals surface area contributed by atoms with Crippen molar-refractivity contribution in [2.24, 2.45) is 11.8 Å². The molecule has 0 amide bonds. The van der Waals surface area contributed by atoms with Gasteiger partial charge in [0.1, 0.15) is 5.82 Å². The Morgan fingerprint density at radius 3 is 2.50 bits per heavy atom. The minimum absolute atomic E-state index is 0. The van der Waals surface area contributed by atoms with E-state index in [1.807, 2.05) is 6.07 Å². The van der Waals surface area contributed by atoms with Gasteiger partial charge in [-0.15, -0.1) is 24.8 Å². The first-order valence-electron chi connectivity index (χ1n) is 9.13. The number of methoxy groups -OCH3 is 1. The molecule has 1 aromatic heterocycles. The van der Waals surface area contributed by atoms with Gasteiger partial charge < -0.3 is 9.64 Å². The van der Waals surface area contributed by atoms with Gasteiger partial charge in [0.2, 0.25) is 0 Å². The van der Waals surface area contributed by atoms with Gasteiger partial charge in [-0.3, -0.25) is 4.90 Å². The number of anilines is 1. The summed E-state index contributed by atoms with van der Waals surface area (Å²) in [6.07, 6.45) is 1.61. The van der Waals surface area contributed by atoms with E-state index >= 15 is 0 Å². The van der Waals surface area contributed by atoms with Gasteiger partial charge >= 0.3 is 5.97 Å². The van der Waals surface area contributed by atoms with Gasteiger partial charge in [-0.1, -0.05) is 24.3 Å². The molecule has 3 atom stereocenters. The van der Waals surface area contributed by atoms with E-state index in [0.717, 1.165) is 25.5 Å². The lowest BCUT2D eigenvalue weighted by Gasteiger charge is -2.28. The number of rotatable bonds is 3. The molecule has 2 fully saturated rings. The zero-order chi connectivity index (χ0) is 18.3. The fourth-order valence-electron chi connectivity index (χ4n) is 4.64. The van der Waals surface area contributed by atoms with Crippen molar-refractivity contribution in [3.8, 4) is 0 Å². The Labute approximate surface area is 178 Å². The van der Waals surface area contributed by atoms with Crippen LogP contribution in [0.5, 0.6) is 0 Å². The molecule has 2 aliphatic rings. The van der Waals surface area contributed by atoms with Crippen LogP contribution in [0.2, 0.25) is 0 Å². The van der Waals surface area contributed by atoms with E-state index in [2.05, 4.69) is 53.0 Å². The van der Waals surface area contributed by atoms with Gasteiger partial charge in [0, 0.05) is 37.8 Å². The second kappa shape index (κ2) is 9.12. The zero-order valence-corrected chi connectivity index (χ0v) is 18.0. The van der Waals surface area contributed by atoms with Crippen LogP contribution in [-0.2, 0) is 4.74 Å². The van der Waals surface area contributed by atoms with Crippen LogP contribution in [-0.4, -0.2) is 49.6 Å². The first kappa shape index (κ1) is 22.5. The number of nitrogens with zero attached hydrogens (tertiary/aromatic N) is 3. The van der Waals surface area contributed by atoms with Crippen molar-refractivity contribution in [3.05, 3.63) is 59.3 Å². The molecule has 0 N–H and O–H groups in total. The van der Waals surface area contributed by atoms with Crippen LogP contribution in [0, 0.1) is 18.8 Å². The zero-order valence-electron chi connectivity index (χ0n) is 16.4. The van der Waals surface area contributed by atoms with Crippen LogP contribution >= 0.6 is 24.8 Å². The number of ether oxygens (including phenoxy) is 1. The number of likely N-dealkylation sites (tertiary alicyclic amines) is 1. The molecular weight excluding hydrogens is 397 g/mol. The van der Waals surface area contributed by atoms with Crippen LogP contribution in [0.25, 0.3) is 0 Å². The molecule has 5 nitrogen and oxygen atoms in total. The number of pyridine rings is 1. The van der Waals surface area contributed by atoms with E-state index in [4.69, 9.17) is 4.74 Å². The maximum atomic E-state index is 11.6. The number of carbonyl (C=O) groups excluding carboxylic acids is 1. The summed E-state index contributed by atoms with van der Waals surface area (Å²) >= 11 is 0. The number of hydrogen-bond donors (Lipinski definition) is 0. The van der Waals surface area contributed by atoms with Crippen LogP contribution < -0.4 is 4.90 Å². The summed E-state index contributed by atoms with van der Waals surface area (Å²) in [5.74, 6) is 1.84. The van der Waals surface area contributed by atoms with Gasteiger partial charge in [0.25, 0.3) is 0 Å². The van der Waals surface area contributed by atoms with Crippen LogP contribution in [0.1, 0.15) is 27.5 Å². The van der Waals surface area contributed by atoms with E-state index in [-0.39, 0.29) is 30.8 Å². The highest BCUT2D eigenvalue weighted by atomic mass is 35.5. The fraction of sp³-hybridized carbons (Fsp3) is 0.429. The van der Waals surface area contributed by atoms with Crippen molar-refractivity contribution in [2.45, 2.75) is 13.0 Å². The smallest absolute Gasteiger partial charge is 0.339 e. The fourth-order valence-corrected chi connectivity index (χ4v) is 4.64. The van der Waals surface area contributed by atoms with Crippen molar-refractivity contribution in [3.63, 3.8) is 0 Å². The standard InChI is InChI=1S/C21H25N3O2.2ClH/c1-14-6-4-5-7-17(14)20-18-13-24(12-16(18)11-23(20)2)19-9-8-15(10-22-19)21(25)26-3;;/h4-10,16,18,20H,11-13H2,1-3H3;2*1H/t16-,18+,20+;;/m0../s1. The van der Waals surface area contributed by atoms with E-state index in [1.165, 1.54) is 18.2 Å². The summed E-state index contributed by atoms with van der Waals surface area (Å²) in [4.78, 5) is 21.0.